The first-order chi connectivity index (χ1) is 13.4. The highest BCUT2D eigenvalue weighted by Gasteiger charge is 2.12. The molecule has 0 spiro atoms. The predicted molar refractivity (Wildman–Crippen MR) is 113 cm³/mol. The number of hydrogen-bond acceptors (Lipinski definition) is 2. The lowest BCUT2D eigenvalue weighted by molar-refractivity contribution is 0.0949. The minimum Gasteiger partial charge on any atom is -0.348 e. The Morgan fingerprint density at radius 2 is 1.50 bits per heavy atom. The largest absolute Gasteiger partial charge is 0.348 e. The van der Waals surface area contributed by atoms with E-state index in [1.54, 1.807) is 24.3 Å². The summed E-state index contributed by atoms with van der Waals surface area (Å²) in [5.74, 6) is -0.369. The van der Waals surface area contributed by atoms with Gasteiger partial charge >= 0.3 is 0 Å². The Hall–Kier alpha value is -3.40. The fourth-order valence-corrected chi connectivity index (χ4v) is 3.00. The number of aryl methyl sites for hydroxylation is 3. The molecule has 0 atom stereocenters. The van der Waals surface area contributed by atoms with Crippen LogP contribution in [0.1, 0.15) is 43.0 Å². The Labute approximate surface area is 165 Å². The average molecular weight is 372 g/mol. The molecule has 0 fully saturated rings. The van der Waals surface area contributed by atoms with Crippen LogP contribution in [0.3, 0.4) is 0 Å². The van der Waals surface area contributed by atoms with Crippen LogP contribution in [0.2, 0.25) is 0 Å². The van der Waals surface area contributed by atoms with E-state index in [4.69, 9.17) is 0 Å². The van der Waals surface area contributed by atoms with E-state index in [2.05, 4.69) is 16.7 Å². The molecule has 0 bridgehead atoms. The summed E-state index contributed by atoms with van der Waals surface area (Å²) in [5.41, 5.74) is 6.06. The molecule has 142 valence electrons. The summed E-state index contributed by atoms with van der Waals surface area (Å²) in [6, 6.07) is 20.5. The predicted octanol–water partition coefficient (Wildman–Crippen LogP) is 4.79. The Balaban J connectivity index is 1.71. The first kappa shape index (κ1) is 19.4. The van der Waals surface area contributed by atoms with Gasteiger partial charge in [-0.05, 0) is 61.7 Å². The summed E-state index contributed by atoms with van der Waals surface area (Å²) >= 11 is 0. The third-order valence-electron chi connectivity index (χ3n) is 4.72. The van der Waals surface area contributed by atoms with Crippen molar-refractivity contribution >= 4 is 17.5 Å². The summed E-state index contributed by atoms with van der Waals surface area (Å²) in [4.78, 5) is 25.0. The van der Waals surface area contributed by atoms with Crippen molar-refractivity contribution in [3.63, 3.8) is 0 Å². The zero-order valence-electron chi connectivity index (χ0n) is 16.4. The van der Waals surface area contributed by atoms with Gasteiger partial charge in [0.15, 0.2) is 0 Å². The molecule has 0 saturated heterocycles. The van der Waals surface area contributed by atoms with Crippen LogP contribution in [-0.4, -0.2) is 11.8 Å². The molecule has 0 unspecified atom stereocenters. The van der Waals surface area contributed by atoms with Crippen molar-refractivity contribution in [3.8, 4) is 0 Å². The smallest absolute Gasteiger partial charge is 0.255 e. The number of carbonyl (C=O) groups excluding carboxylic acids is 2. The maximum atomic E-state index is 12.6. The van der Waals surface area contributed by atoms with E-state index in [1.807, 2.05) is 57.2 Å². The Kier molecular flexibility index (Phi) is 5.90. The SMILES string of the molecule is Cc1ccc(CNC(=O)c2ccc(C)c(NC(=O)c3ccccc3)c2)c(C)c1. The van der Waals surface area contributed by atoms with Gasteiger partial charge in [-0.3, -0.25) is 9.59 Å². The number of hydrogen-bond donors (Lipinski definition) is 2. The van der Waals surface area contributed by atoms with E-state index in [0.717, 1.165) is 16.7 Å². The second-order valence-electron chi connectivity index (χ2n) is 6.96. The van der Waals surface area contributed by atoms with Crippen LogP contribution in [-0.2, 0) is 6.54 Å². The van der Waals surface area contributed by atoms with Crippen LogP contribution in [0.5, 0.6) is 0 Å². The van der Waals surface area contributed by atoms with Crippen LogP contribution in [0.4, 0.5) is 5.69 Å². The number of benzene rings is 3. The van der Waals surface area contributed by atoms with Crippen molar-refractivity contribution in [3.05, 3.63) is 100 Å². The lowest BCUT2D eigenvalue weighted by atomic mass is 10.1. The normalized spacial score (nSPS) is 10.4. The number of carbonyl (C=O) groups is 2. The molecule has 4 heteroatoms. The van der Waals surface area contributed by atoms with Gasteiger partial charge in [-0.2, -0.15) is 0 Å². The van der Waals surface area contributed by atoms with E-state index in [1.165, 1.54) is 5.56 Å². The van der Waals surface area contributed by atoms with Gasteiger partial charge in [-0.25, -0.2) is 0 Å². The van der Waals surface area contributed by atoms with Crippen molar-refractivity contribution in [2.75, 3.05) is 5.32 Å². The third-order valence-corrected chi connectivity index (χ3v) is 4.72. The Morgan fingerprint density at radius 1 is 0.750 bits per heavy atom. The van der Waals surface area contributed by atoms with Crippen LogP contribution in [0.15, 0.2) is 66.7 Å². The van der Waals surface area contributed by atoms with Crippen molar-refractivity contribution in [2.24, 2.45) is 0 Å². The molecular weight excluding hydrogens is 348 g/mol. The van der Waals surface area contributed by atoms with Crippen LogP contribution >= 0.6 is 0 Å². The van der Waals surface area contributed by atoms with Gasteiger partial charge in [0.2, 0.25) is 0 Å². The second-order valence-corrected chi connectivity index (χ2v) is 6.96. The average Bonchev–Trinajstić information content (AvgIpc) is 2.69. The highest BCUT2D eigenvalue weighted by Crippen LogP contribution is 2.18. The standard InChI is InChI=1S/C24H24N2O2/c1-16-9-11-21(18(3)13-16)15-25-23(27)20-12-10-17(2)22(14-20)26-24(28)19-7-5-4-6-8-19/h4-14H,15H2,1-3H3,(H,25,27)(H,26,28). The lowest BCUT2D eigenvalue weighted by Crippen LogP contribution is -2.23. The van der Waals surface area contributed by atoms with Crippen molar-refractivity contribution in [2.45, 2.75) is 27.3 Å². The van der Waals surface area contributed by atoms with Gasteiger partial charge in [0.1, 0.15) is 0 Å². The monoisotopic (exact) mass is 372 g/mol. The van der Waals surface area contributed by atoms with Crippen molar-refractivity contribution in [1.82, 2.24) is 5.32 Å². The quantitative estimate of drug-likeness (QED) is 0.676. The minimum absolute atomic E-state index is 0.171. The summed E-state index contributed by atoms with van der Waals surface area (Å²) in [7, 11) is 0. The summed E-state index contributed by atoms with van der Waals surface area (Å²) < 4.78 is 0. The number of nitrogens with one attached hydrogen (secondary N) is 2. The molecule has 3 rings (SSSR count). The molecule has 0 aliphatic carbocycles. The molecule has 3 aromatic rings. The first-order valence-electron chi connectivity index (χ1n) is 9.25. The molecule has 0 aromatic heterocycles. The Morgan fingerprint density at radius 3 is 2.21 bits per heavy atom. The second kappa shape index (κ2) is 8.53. The minimum atomic E-state index is -0.198. The molecule has 0 aliphatic rings. The molecule has 28 heavy (non-hydrogen) atoms. The molecule has 4 nitrogen and oxygen atoms in total. The van der Waals surface area contributed by atoms with Gasteiger partial charge < -0.3 is 10.6 Å². The Bertz CT molecular complexity index is 1010. The molecule has 0 radical (unpaired) electrons. The van der Waals surface area contributed by atoms with Crippen LogP contribution in [0, 0.1) is 20.8 Å². The van der Waals surface area contributed by atoms with Gasteiger partial charge in [-0.15, -0.1) is 0 Å². The first-order valence-corrected chi connectivity index (χ1v) is 9.25. The number of anilines is 1. The van der Waals surface area contributed by atoms with E-state index in [9.17, 15) is 9.59 Å². The topological polar surface area (TPSA) is 58.2 Å². The highest BCUT2D eigenvalue weighted by molar-refractivity contribution is 6.05. The fraction of sp³-hybridized carbons (Fsp3) is 0.167. The zero-order chi connectivity index (χ0) is 20.1. The van der Waals surface area contributed by atoms with E-state index < -0.39 is 0 Å². The lowest BCUT2D eigenvalue weighted by Gasteiger charge is -2.12. The van der Waals surface area contributed by atoms with E-state index in [0.29, 0.717) is 23.4 Å². The molecule has 0 heterocycles. The van der Waals surface area contributed by atoms with E-state index >= 15 is 0 Å². The summed E-state index contributed by atoms with van der Waals surface area (Å²) in [5, 5.41) is 5.85. The fourth-order valence-electron chi connectivity index (χ4n) is 3.00. The molecule has 3 aromatic carbocycles. The maximum absolute atomic E-state index is 12.6. The number of rotatable bonds is 5. The molecular formula is C24H24N2O2. The van der Waals surface area contributed by atoms with Gasteiger partial charge in [-0.1, -0.05) is 48.0 Å². The molecule has 2 amide bonds. The van der Waals surface area contributed by atoms with Gasteiger partial charge in [0.05, 0.1) is 0 Å². The molecule has 0 saturated carbocycles. The van der Waals surface area contributed by atoms with Gasteiger partial charge in [0.25, 0.3) is 11.8 Å². The summed E-state index contributed by atoms with van der Waals surface area (Å²) in [6.07, 6.45) is 0. The third kappa shape index (κ3) is 4.65. The van der Waals surface area contributed by atoms with Gasteiger partial charge in [0, 0.05) is 23.4 Å². The molecule has 0 aliphatic heterocycles. The maximum Gasteiger partial charge on any atom is 0.255 e. The van der Waals surface area contributed by atoms with Crippen molar-refractivity contribution < 1.29 is 9.59 Å². The van der Waals surface area contributed by atoms with Crippen molar-refractivity contribution in [1.29, 1.82) is 0 Å². The zero-order valence-corrected chi connectivity index (χ0v) is 16.4. The summed E-state index contributed by atoms with van der Waals surface area (Å²) in [6.45, 7) is 6.45. The highest BCUT2D eigenvalue weighted by atomic mass is 16.2. The van der Waals surface area contributed by atoms with Crippen LogP contribution in [0.25, 0.3) is 0 Å². The molecule has 2 N–H and O–H groups in total. The van der Waals surface area contributed by atoms with E-state index in [-0.39, 0.29) is 11.8 Å². The number of amides is 2. The van der Waals surface area contributed by atoms with Crippen LogP contribution < -0.4 is 10.6 Å².